The first-order valence-electron chi connectivity index (χ1n) is 5.65. The van der Waals surface area contributed by atoms with E-state index in [1.54, 1.807) is 0 Å². The zero-order valence-corrected chi connectivity index (χ0v) is 10.3. The number of aromatic nitrogens is 2. The minimum Gasteiger partial charge on any atom is -0.296 e. The highest BCUT2D eigenvalue weighted by Crippen LogP contribution is 2.30. The molecule has 0 aromatic carbocycles. The molecule has 1 N–H and O–H groups in total. The molecule has 1 aliphatic rings. The van der Waals surface area contributed by atoms with Gasteiger partial charge < -0.3 is 0 Å². The lowest BCUT2D eigenvalue weighted by Crippen LogP contribution is -2.14. The Labute approximate surface area is 107 Å². The fourth-order valence-corrected chi connectivity index (χ4v) is 2.98. The quantitative estimate of drug-likeness (QED) is 0.846. The molecule has 3 rings (SSSR count). The second-order valence-electron chi connectivity index (χ2n) is 4.04. The molecule has 0 unspecified atom stereocenters. The summed E-state index contributed by atoms with van der Waals surface area (Å²) in [4.78, 5) is 20.9. The Kier molecular flexibility index (Phi) is 2.79. The predicted octanol–water partition coefficient (Wildman–Crippen LogP) is 2.42. The number of carbonyl (C=O) groups excluding carboxylic acids is 1. The van der Waals surface area contributed by atoms with Crippen LogP contribution in [0.1, 0.15) is 27.5 Å². The molecule has 1 amide bonds. The summed E-state index contributed by atoms with van der Waals surface area (Å²) in [5.41, 5.74) is 1.13. The van der Waals surface area contributed by atoms with Crippen molar-refractivity contribution >= 4 is 22.4 Å². The first kappa shape index (κ1) is 11.3. The monoisotopic (exact) mass is 263 g/mol. The maximum absolute atomic E-state index is 12.9. The van der Waals surface area contributed by atoms with Gasteiger partial charge in [-0.1, -0.05) is 6.07 Å². The molecule has 92 valence electrons. The summed E-state index contributed by atoms with van der Waals surface area (Å²) in [7, 11) is 0. The van der Waals surface area contributed by atoms with Crippen molar-refractivity contribution in [1.82, 2.24) is 9.97 Å². The van der Waals surface area contributed by atoms with Gasteiger partial charge in [-0.2, -0.15) is 4.39 Å². The molecule has 0 saturated heterocycles. The number of hydrogen-bond donors (Lipinski definition) is 1. The smallest absolute Gasteiger partial charge is 0.276 e. The highest BCUT2D eigenvalue weighted by molar-refractivity contribution is 7.15. The van der Waals surface area contributed by atoms with E-state index in [1.165, 1.54) is 34.4 Å². The number of aryl methyl sites for hydroxylation is 2. The third-order valence-corrected chi connectivity index (χ3v) is 3.84. The summed E-state index contributed by atoms with van der Waals surface area (Å²) in [5.74, 6) is -1.09. The number of amides is 1. The molecule has 4 nitrogen and oxygen atoms in total. The normalized spacial score (nSPS) is 13.4. The maximum Gasteiger partial charge on any atom is 0.276 e. The van der Waals surface area contributed by atoms with Crippen LogP contribution >= 0.6 is 11.3 Å². The molecule has 0 aliphatic heterocycles. The van der Waals surface area contributed by atoms with Gasteiger partial charge >= 0.3 is 0 Å². The minimum atomic E-state index is -0.663. The van der Waals surface area contributed by atoms with Gasteiger partial charge in [-0.3, -0.25) is 10.1 Å². The van der Waals surface area contributed by atoms with Crippen molar-refractivity contribution in [2.75, 3.05) is 5.32 Å². The Hall–Kier alpha value is -1.82. The molecule has 6 heteroatoms. The predicted molar refractivity (Wildman–Crippen MR) is 66.3 cm³/mol. The number of rotatable bonds is 2. The molecule has 0 atom stereocenters. The third kappa shape index (κ3) is 2.11. The molecule has 0 radical (unpaired) electrons. The number of pyridine rings is 1. The van der Waals surface area contributed by atoms with Crippen molar-refractivity contribution in [3.63, 3.8) is 0 Å². The topological polar surface area (TPSA) is 54.9 Å². The molecule has 0 fully saturated rings. The summed E-state index contributed by atoms with van der Waals surface area (Å²) in [6.45, 7) is 0. The van der Waals surface area contributed by atoms with Gasteiger partial charge in [0.1, 0.15) is 5.69 Å². The molecule has 0 spiro atoms. The lowest BCUT2D eigenvalue weighted by molar-refractivity contribution is 0.102. The van der Waals surface area contributed by atoms with Gasteiger partial charge in [0.2, 0.25) is 5.95 Å². The van der Waals surface area contributed by atoms with E-state index < -0.39 is 11.9 Å². The van der Waals surface area contributed by atoms with Gasteiger partial charge in [-0.15, -0.1) is 11.3 Å². The van der Waals surface area contributed by atoms with Crippen LogP contribution in [0.15, 0.2) is 18.2 Å². The van der Waals surface area contributed by atoms with Crippen molar-refractivity contribution in [3.05, 3.63) is 40.4 Å². The van der Waals surface area contributed by atoms with Gasteiger partial charge in [0.25, 0.3) is 5.91 Å². The van der Waals surface area contributed by atoms with Crippen molar-refractivity contribution in [2.45, 2.75) is 19.3 Å². The van der Waals surface area contributed by atoms with Crippen LogP contribution in [0.3, 0.4) is 0 Å². The lowest BCUT2D eigenvalue weighted by Gasteiger charge is -2.00. The van der Waals surface area contributed by atoms with Crippen LogP contribution < -0.4 is 5.32 Å². The second-order valence-corrected chi connectivity index (χ2v) is 5.13. The number of anilines is 1. The Morgan fingerprint density at radius 3 is 3.00 bits per heavy atom. The van der Waals surface area contributed by atoms with Crippen LogP contribution in [0.2, 0.25) is 0 Å². The number of thiazole rings is 1. The minimum absolute atomic E-state index is 0.0605. The van der Waals surface area contributed by atoms with E-state index in [0.717, 1.165) is 25.0 Å². The zero-order valence-electron chi connectivity index (χ0n) is 9.44. The van der Waals surface area contributed by atoms with Crippen molar-refractivity contribution in [3.8, 4) is 0 Å². The van der Waals surface area contributed by atoms with Crippen LogP contribution in [0, 0.1) is 5.95 Å². The Morgan fingerprint density at radius 1 is 1.33 bits per heavy atom. The third-order valence-electron chi connectivity index (χ3n) is 2.76. The van der Waals surface area contributed by atoms with Gasteiger partial charge in [0.15, 0.2) is 5.13 Å². The Morgan fingerprint density at radius 2 is 2.22 bits per heavy atom. The molecule has 2 aromatic rings. The summed E-state index contributed by atoms with van der Waals surface area (Å²) < 4.78 is 12.9. The summed E-state index contributed by atoms with van der Waals surface area (Å²) in [6, 6.07) is 4.13. The summed E-state index contributed by atoms with van der Waals surface area (Å²) in [6.07, 6.45) is 3.13. The van der Waals surface area contributed by atoms with Gasteiger partial charge in [0.05, 0.1) is 5.69 Å². The average molecular weight is 263 g/mol. The summed E-state index contributed by atoms with van der Waals surface area (Å²) >= 11 is 1.48. The largest absolute Gasteiger partial charge is 0.296 e. The van der Waals surface area contributed by atoms with Gasteiger partial charge in [0, 0.05) is 4.88 Å². The SMILES string of the molecule is O=C(Nc1nc2c(s1)CCC2)c1cccc(F)n1. The number of nitrogens with one attached hydrogen (secondary N) is 1. The fourth-order valence-electron chi connectivity index (χ4n) is 1.94. The highest BCUT2D eigenvalue weighted by Gasteiger charge is 2.18. The van der Waals surface area contributed by atoms with E-state index >= 15 is 0 Å². The van der Waals surface area contributed by atoms with E-state index in [4.69, 9.17) is 0 Å². The molecular weight excluding hydrogens is 253 g/mol. The number of hydrogen-bond acceptors (Lipinski definition) is 4. The van der Waals surface area contributed by atoms with Crippen LogP contribution in [0.4, 0.5) is 9.52 Å². The zero-order chi connectivity index (χ0) is 12.5. The molecule has 0 bridgehead atoms. The molecule has 2 heterocycles. The highest BCUT2D eigenvalue weighted by atomic mass is 32.1. The van der Waals surface area contributed by atoms with Crippen LogP contribution in [-0.2, 0) is 12.8 Å². The van der Waals surface area contributed by atoms with E-state index in [2.05, 4.69) is 15.3 Å². The number of fused-ring (bicyclic) bond motifs is 1. The van der Waals surface area contributed by atoms with Gasteiger partial charge in [-0.25, -0.2) is 9.97 Å². The molecular formula is C12H10FN3OS. The standard InChI is InChI=1S/C12H10FN3OS/c13-10-6-2-4-8(14-10)11(17)16-12-15-7-3-1-5-9(7)18-12/h2,4,6H,1,3,5H2,(H,15,16,17). The van der Waals surface area contributed by atoms with E-state index in [1.807, 2.05) is 0 Å². The van der Waals surface area contributed by atoms with Gasteiger partial charge in [-0.05, 0) is 31.4 Å². The van der Waals surface area contributed by atoms with Crippen LogP contribution in [0.5, 0.6) is 0 Å². The van der Waals surface area contributed by atoms with E-state index in [-0.39, 0.29) is 5.69 Å². The van der Waals surface area contributed by atoms with Crippen molar-refractivity contribution in [1.29, 1.82) is 0 Å². The molecule has 18 heavy (non-hydrogen) atoms. The number of carbonyl (C=O) groups is 1. The maximum atomic E-state index is 12.9. The summed E-state index contributed by atoms with van der Waals surface area (Å²) in [5, 5.41) is 3.22. The number of nitrogens with zero attached hydrogens (tertiary/aromatic N) is 2. The first-order valence-corrected chi connectivity index (χ1v) is 6.46. The second kappa shape index (κ2) is 4.45. The van der Waals surface area contributed by atoms with Crippen LogP contribution in [-0.4, -0.2) is 15.9 Å². The Balaban J connectivity index is 1.78. The average Bonchev–Trinajstić information content (AvgIpc) is 2.89. The fraction of sp³-hybridized carbons (Fsp3) is 0.250. The Bertz CT molecular complexity index is 590. The molecule has 1 aliphatic carbocycles. The number of halogens is 1. The van der Waals surface area contributed by atoms with Crippen LogP contribution in [0.25, 0.3) is 0 Å². The first-order chi connectivity index (χ1) is 8.72. The van der Waals surface area contributed by atoms with Crippen molar-refractivity contribution < 1.29 is 9.18 Å². The van der Waals surface area contributed by atoms with Crippen molar-refractivity contribution in [2.24, 2.45) is 0 Å². The van der Waals surface area contributed by atoms with E-state index in [9.17, 15) is 9.18 Å². The molecule has 2 aromatic heterocycles. The van der Waals surface area contributed by atoms with E-state index in [0.29, 0.717) is 5.13 Å². The molecule has 0 saturated carbocycles. The lowest BCUT2D eigenvalue weighted by atomic mass is 10.3.